The normalized spacial score (nSPS) is 11.1. The first-order valence-corrected chi connectivity index (χ1v) is 10.9. The summed E-state index contributed by atoms with van der Waals surface area (Å²) in [6.07, 6.45) is 0. The second-order valence-electron chi connectivity index (χ2n) is 8.23. The second-order valence-corrected chi connectivity index (χ2v) is 8.23. The van der Waals surface area contributed by atoms with Crippen LogP contribution in [0.15, 0.2) is 120 Å². The minimum atomic E-state index is 0.750. The Morgan fingerprint density at radius 3 is 1.83 bits per heavy atom. The molecule has 0 saturated carbocycles. The van der Waals surface area contributed by atoms with Crippen LogP contribution in [0, 0.1) is 0 Å². The molecule has 0 unspecified atom stereocenters. The molecule has 2 heterocycles. The van der Waals surface area contributed by atoms with Gasteiger partial charge in [-0.25, -0.2) is 0 Å². The Morgan fingerprint density at radius 1 is 0.514 bits per heavy atom. The maximum absolute atomic E-state index is 6.25. The molecule has 0 amide bonds. The number of fused-ring (bicyclic) bond motifs is 6. The molecule has 0 aliphatic heterocycles. The van der Waals surface area contributed by atoms with Gasteiger partial charge in [0.25, 0.3) is 0 Å². The molecular weight excluding hydrogens is 423 g/mol. The first kappa shape index (κ1) is 21.4. The summed E-state index contributed by atoms with van der Waals surface area (Å²) in [6.45, 7) is 0. The van der Waals surface area contributed by atoms with Crippen LogP contribution in [0.25, 0.3) is 60.6 Å². The Kier molecular flexibility index (Phi) is 5.46. The van der Waals surface area contributed by atoms with Crippen LogP contribution in [-0.2, 0) is 0 Å². The number of nitrogens with zero attached hydrogens (tertiary/aromatic N) is 1. The molecule has 0 aliphatic rings. The Labute approximate surface area is 207 Å². The van der Waals surface area contributed by atoms with Crippen LogP contribution in [0.2, 0.25) is 0 Å². The lowest BCUT2D eigenvalue weighted by Crippen LogP contribution is -1.93. The van der Waals surface area contributed by atoms with Crippen molar-refractivity contribution in [3.05, 3.63) is 115 Å². The molecule has 0 fully saturated rings. The van der Waals surface area contributed by atoms with Crippen molar-refractivity contribution in [1.82, 2.24) is 4.57 Å². The standard InChI is InChI=1S/C30H19NO.B3H6/c1-2-8-20(9-3-1)21-14-16-25-26-19-22(15-17-29(26)32-30(25)18-21)31-27-12-6-4-10-23(27)24-11-5-7-13-28(24)31;1-3-2/h1-19H;1-2H3/q;-2. The first-order chi connectivity index (χ1) is 17.3. The van der Waals surface area contributed by atoms with Crippen LogP contribution in [0.1, 0.15) is 0 Å². The van der Waals surface area contributed by atoms with Crippen molar-refractivity contribution >= 4 is 66.3 Å². The lowest BCUT2D eigenvalue weighted by molar-refractivity contribution is 0.669. The summed E-state index contributed by atoms with van der Waals surface area (Å²) in [5.41, 5.74) is 7.76. The maximum atomic E-state index is 6.25. The van der Waals surface area contributed by atoms with Crippen molar-refractivity contribution in [1.29, 1.82) is 0 Å². The largest absolute Gasteiger partial charge is 0.456 e. The van der Waals surface area contributed by atoms with Crippen molar-refractivity contribution in [2.75, 3.05) is 0 Å². The zero-order valence-electron chi connectivity index (χ0n) is 17.9. The summed E-state index contributed by atoms with van der Waals surface area (Å²) in [5.74, 6) is 0. The van der Waals surface area contributed by atoms with Gasteiger partial charge in [0, 0.05) is 27.2 Å². The van der Waals surface area contributed by atoms with E-state index in [9.17, 15) is 0 Å². The van der Waals surface area contributed by atoms with Gasteiger partial charge in [-0.05, 0) is 53.6 Å². The number of para-hydroxylation sites is 2. The molecular formula is C30H25B3NO-2. The van der Waals surface area contributed by atoms with Gasteiger partial charge in [-0.1, -0.05) is 72.8 Å². The molecule has 2 nitrogen and oxygen atoms in total. The van der Waals surface area contributed by atoms with Crippen LogP contribution in [-0.4, -0.2) is 27.1 Å². The Bertz CT molecular complexity index is 1750. The van der Waals surface area contributed by atoms with E-state index in [1.165, 1.54) is 32.9 Å². The van der Waals surface area contributed by atoms with Gasteiger partial charge in [0.05, 0.1) is 11.0 Å². The van der Waals surface area contributed by atoms with Gasteiger partial charge >= 0.3 is 0 Å². The van der Waals surface area contributed by atoms with Crippen LogP contribution in [0.4, 0.5) is 0 Å². The SMILES string of the molecule is [BH3-][B][BH3-].c1ccc(-c2ccc3c(c2)oc2ccc(-n4c5ccccc5c5ccccc54)cc23)cc1. The minimum Gasteiger partial charge on any atom is -0.456 e. The van der Waals surface area contributed by atoms with Gasteiger partial charge in [0.1, 0.15) is 11.2 Å². The molecule has 0 atom stereocenters. The molecule has 7 aromatic rings. The fourth-order valence-corrected chi connectivity index (χ4v) is 4.92. The van der Waals surface area contributed by atoms with Crippen LogP contribution >= 0.6 is 0 Å². The molecule has 167 valence electrons. The van der Waals surface area contributed by atoms with Gasteiger partial charge < -0.3 is 16.0 Å². The number of furan rings is 1. The quantitative estimate of drug-likeness (QED) is 0.315. The fraction of sp³-hybridized carbons (Fsp3) is 0. The van der Waals surface area contributed by atoms with E-state index in [0.717, 1.165) is 43.1 Å². The average molecular weight is 448 g/mol. The highest BCUT2D eigenvalue weighted by Gasteiger charge is 2.14. The molecule has 35 heavy (non-hydrogen) atoms. The van der Waals surface area contributed by atoms with E-state index in [1.54, 1.807) is 0 Å². The molecule has 0 aliphatic carbocycles. The summed E-state index contributed by atoms with van der Waals surface area (Å²) >= 11 is 0. The average Bonchev–Trinajstić information content (AvgIpc) is 3.44. The predicted molar refractivity (Wildman–Crippen MR) is 159 cm³/mol. The molecule has 5 heteroatoms. The zero-order valence-corrected chi connectivity index (χ0v) is 17.9. The highest BCUT2D eigenvalue weighted by Crippen LogP contribution is 2.36. The number of hydrogen-bond acceptors (Lipinski definition) is 1. The predicted octanol–water partition coefficient (Wildman–Crippen LogP) is 5.60. The monoisotopic (exact) mass is 448 g/mol. The summed E-state index contributed by atoms with van der Waals surface area (Å²) in [6, 6.07) is 40.6. The van der Waals surface area contributed by atoms with Crippen molar-refractivity contribution in [2.24, 2.45) is 0 Å². The summed E-state index contributed by atoms with van der Waals surface area (Å²) in [4.78, 5) is 0. The molecule has 0 bridgehead atoms. The number of aromatic nitrogens is 1. The van der Waals surface area contributed by atoms with E-state index in [1.807, 2.05) is 6.07 Å². The van der Waals surface area contributed by atoms with Crippen molar-refractivity contribution in [3.8, 4) is 16.8 Å². The molecule has 5 aromatic carbocycles. The van der Waals surface area contributed by atoms with E-state index in [4.69, 9.17) is 4.42 Å². The molecule has 0 saturated heterocycles. The fourth-order valence-electron chi connectivity index (χ4n) is 4.92. The lowest BCUT2D eigenvalue weighted by Gasteiger charge is -2.08. The highest BCUT2D eigenvalue weighted by molar-refractivity contribution is 7.17. The summed E-state index contributed by atoms with van der Waals surface area (Å²) in [5, 5.41) is 4.82. The Morgan fingerprint density at radius 2 is 1.14 bits per heavy atom. The van der Waals surface area contributed by atoms with Crippen LogP contribution < -0.4 is 0 Å². The summed E-state index contributed by atoms with van der Waals surface area (Å²) in [7, 11) is 4.00. The minimum absolute atomic E-state index is 0.750. The molecule has 0 N–H and O–H groups in total. The van der Waals surface area contributed by atoms with Gasteiger partial charge in [-0.3, -0.25) is 0 Å². The van der Waals surface area contributed by atoms with Crippen molar-refractivity contribution < 1.29 is 4.42 Å². The number of hydrogen-bond donors (Lipinski definition) is 0. The van der Waals surface area contributed by atoms with Crippen molar-refractivity contribution in [3.63, 3.8) is 0 Å². The van der Waals surface area contributed by atoms with E-state index in [2.05, 4.69) is 121 Å². The zero-order chi connectivity index (χ0) is 23.8. The van der Waals surface area contributed by atoms with E-state index in [-0.39, 0.29) is 0 Å². The molecule has 1 radical (unpaired) electrons. The van der Waals surface area contributed by atoms with E-state index in [0.29, 0.717) is 0 Å². The smallest absolute Gasteiger partial charge is 0.136 e. The van der Waals surface area contributed by atoms with Gasteiger partial charge in [-0.15, -0.1) is 15.5 Å². The van der Waals surface area contributed by atoms with Gasteiger partial charge in [0.15, 0.2) is 0 Å². The maximum Gasteiger partial charge on any atom is 0.136 e. The van der Waals surface area contributed by atoms with E-state index < -0.39 is 0 Å². The first-order valence-electron chi connectivity index (χ1n) is 10.9. The van der Waals surface area contributed by atoms with Crippen LogP contribution in [0.5, 0.6) is 0 Å². The summed E-state index contributed by atoms with van der Waals surface area (Å²) < 4.78 is 8.60. The van der Waals surface area contributed by atoms with E-state index >= 15 is 0 Å². The highest BCUT2D eigenvalue weighted by atomic mass is 16.3. The lowest BCUT2D eigenvalue weighted by atomic mass is 9.40. The topological polar surface area (TPSA) is 18.1 Å². The third-order valence-electron chi connectivity index (χ3n) is 6.40. The van der Waals surface area contributed by atoms with Crippen LogP contribution in [0.3, 0.4) is 0 Å². The molecule has 0 spiro atoms. The van der Waals surface area contributed by atoms with Gasteiger partial charge in [0.2, 0.25) is 0 Å². The third kappa shape index (κ3) is 3.64. The molecule has 2 aromatic heterocycles. The third-order valence-corrected chi connectivity index (χ3v) is 6.40. The van der Waals surface area contributed by atoms with Crippen molar-refractivity contribution in [2.45, 2.75) is 0 Å². The molecule has 7 rings (SSSR count). The Balaban J connectivity index is 0.000000727. The second kappa shape index (κ2) is 8.92. The van der Waals surface area contributed by atoms with Gasteiger partial charge in [-0.2, -0.15) is 0 Å². The number of rotatable bonds is 2. The Hall–Kier alpha value is -4.11. The number of benzene rings is 5.